The van der Waals surface area contributed by atoms with Crippen molar-refractivity contribution in [3.05, 3.63) is 56.8 Å². The van der Waals surface area contributed by atoms with Crippen LogP contribution in [0.25, 0.3) is 0 Å². The molecule has 0 bridgehead atoms. The van der Waals surface area contributed by atoms with E-state index in [1.807, 2.05) is 11.3 Å². The van der Waals surface area contributed by atoms with Crippen molar-refractivity contribution >= 4 is 44.6 Å². The van der Waals surface area contributed by atoms with Crippen LogP contribution in [0.4, 0.5) is 0 Å². The summed E-state index contributed by atoms with van der Waals surface area (Å²) in [7, 11) is -6.38. The first-order valence-electron chi connectivity index (χ1n) is 15.6. The lowest BCUT2D eigenvalue weighted by molar-refractivity contribution is -0.357. The van der Waals surface area contributed by atoms with Gasteiger partial charge in [-0.3, -0.25) is 0 Å². The maximum absolute atomic E-state index is 7.22. The van der Waals surface area contributed by atoms with Crippen LogP contribution in [0.3, 0.4) is 0 Å². The smallest absolute Gasteiger partial charge is 0.223 e. The lowest BCUT2D eigenvalue weighted by Gasteiger charge is -2.55. The van der Waals surface area contributed by atoms with E-state index in [0.717, 1.165) is 12.0 Å². The number of thiophene rings is 1. The van der Waals surface area contributed by atoms with Crippen LogP contribution in [0, 0.1) is 13.8 Å². The van der Waals surface area contributed by atoms with Gasteiger partial charge in [0.25, 0.3) is 0 Å². The standard InChI is InChI=1S/C32H58O6SSi4/c1-23-16-18-26(20-25(23)21-27-19-17-24(2)39-27)32(33-3)31(38-43(13,14)15)30(37-42(10,11)12)29(36-41(7,8)9)28(35-32)22-34-40(4,5)6/h16-20,28-31H,21-22H2,1-15H3/t28-,29-,30+,31-,32?/m1/s1. The number of methoxy groups -OCH3 is 1. The molecule has 0 aliphatic carbocycles. The third-order valence-corrected chi connectivity index (χ3v) is 12.0. The number of rotatable bonds is 13. The van der Waals surface area contributed by atoms with E-state index in [1.54, 1.807) is 7.11 Å². The Balaban J connectivity index is 2.26. The van der Waals surface area contributed by atoms with Crippen LogP contribution < -0.4 is 0 Å². The molecule has 2 heterocycles. The molecular formula is C32H58O6SSi4. The van der Waals surface area contributed by atoms with Crippen molar-refractivity contribution in [2.45, 2.75) is 129 Å². The number of benzene rings is 1. The van der Waals surface area contributed by atoms with Crippen LogP contribution in [-0.4, -0.2) is 71.4 Å². The molecule has 1 unspecified atom stereocenters. The van der Waals surface area contributed by atoms with E-state index in [1.165, 1.54) is 20.9 Å². The number of aryl methyl sites for hydroxylation is 2. The predicted octanol–water partition coefficient (Wildman–Crippen LogP) is 8.67. The summed E-state index contributed by atoms with van der Waals surface area (Å²) in [6.07, 6.45) is -0.807. The third kappa shape index (κ3) is 10.5. The highest BCUT2D eigenvalue weighted by Gasteiger charge is 2.60. The summed E-state index contributed by atoms with van der Waals surface area (Å²) in [5, 5.41) is 0. The summed E-state index contributed by atoms with van der Waals surface area (Å²) in [6, 6.07) is 11.0. The molecule has 0 amide bonds. The average Bonchev–Trinajstić information content (AvgIpc) is 3.24. The lowest BCUT2D eigenvalue weighted by Crippen LogP contribution is -2.70. The van der Waals surface area contributed by atoms with Gasteiger partial charge in [-0.1, -0.05) is 12.1 Å². The molecule has 6 nitrogen and oxygen atoms in total. The molecule has 0 radical (unpaired) electrons. The molecule has 0 N–H and O–H groups in total. The minimum atomic E-state index is -2.13. The highest BCUT2D eigenvalue weighted by Crippen LogP contribution is 2.46. The molecule has 1 aliphatic rings. The Morgan fingerprint density at radius 2 is 1.33 bits per heavy atom. The van der Waals surface area contributed by atoms with Gasteiger partial charge in [0, 0.05) is 28.8 Å². The zero-order valence-corrected chi connectivity index (χ0v) is 34.3. The highest BCUT2D eigenvalue weighted by molar-refractivity contribution is 7.11. The van der Waals surface area contributed by atoms with Crippen molar-refractivity contribution in [3.63, 3.8) is 0 Å². The number of hydrogen-bond donors (Lipinski definition) is 0. The van der Waals surface area contributed by atoms with Crippen molar-refractivity contribution in [1.29, 1.82) is 0 Å². The van der Waals surface area contributed by atoms with Gasteiger partial charge in [0.05, 0.1) is 6.61 Å². The molecule has 1 saturated heterocycles. The molecule has 5 atom stereocenters. The van der Waals surface area contributed by atoms with Gasteiger partial charge in [0.2, 0.25) is 5.79 Å². The van der Waals surface area contributed by atoms with Crippen molar-refractivity contribution in [1.82, 2.24) is 0 Å². The SMILES string of the molecule is COC1(c2ccc(C)c(Cc3ccc(C)s3)c2)O[C@H](CO[Si](C)(C)C)[C@@H](O[Si](C)(C)C)[C@H](O[Si](C)(C)C)[C@H]1O[Si](C)(C)C. The number of hydrogen-bond acceptors (Lipinski definition) is 7. The first kappa shape index (κ1) is 37.0. The minimum absolute atomic E-state index is 0.349. The van der Waals surface area contributed by atoms with Crippen LogP contribution >= 0.6 is 11.3 Å². The van der Waals surface area contributed by atoms with Gasteiger partial charge in [-0.05, 0) is 122 Å². The summed E-state index contributed by atoms with van der Waals surface area (Å²) in [5.74, 6) is -1.20. The Morgan fingerprint density at radius 3 is 1.81 bits per heavy atom. The van der Waals surface area contributed by atoms with E-state index in [-0.39, 0.29) is 6.10 Å². The molecule has 11 heteroatoms. The van der Waals surface area contributed by atoms with Crippen LogP contribution in [0.15, 0.2) is 30.3 Å². The van der Waals surface area contributed by atoms with Crippen LogP contribution in [0.5, 0.6) is 0 Å². The predicted molar refractivity (Wildman–Crippen MR) is 191 cm³/mol. The van der Waals surface area contributed by atoms with Crippen LogP contribution in [0.2, 0.25) is 78.6 Å². The Labute approximate surface area is 270 Å². The molecule has 2 aromatic rings. The fourth-order valence-electron chi connectivity index (χ4n) is 5.39. The second-order valence-corrected chi connectivity index (χ2v) is 35.1. The van der Waals surface area contributed by atoms with Gasteiger partial charge in [-0.15, -0.1) is 11.3 Å². The van der Waals surface area contributed by atoms with E-state index in [2.05, 4.69) is 123 Å². The van der Waals surface area contributed by atoms with Gasteiger partial charge in [-0.2, -0.15) is 0 Å². The largest absolute Gasteiger partial charge is 0.415 e. The molecule has 0 saturated carbocycles. The van der Waals surface area contributed by atoms with E-state index in [9.17, 15) is 0 Å². The van der Waals surface area contributed by atoms with E-state index in [0.29, 0.717) is 6.61 Å². The number of ether oxygens (including phenoxy) is 2. The van der Waals surface area contributed by atoms with Crippen molar-refractivity contribution in [3.8, 4) is 0 Å². The fraction of sp³-hybridized carbons (Fsp3) is 0.688. The topological polar surface area (TPSA) is 55.4 Å². The average molecular weight is 683 g/mol. The molecule has 43 heavy (non-hydrogen) atoms. The highest BCUT2D eigenvalue weighted by atomic mass is 32.1. The van der Waals surface area contributed by atoms with Gasteiger partial charge >= 0.3 is 0 Å². The first-order chi connectivity index (χ1) is 19.5. The van der Waals surface area contributed by atoms with Crippen LogP contribution in [0.1, 0.15) is 26.4 Å². The van der Waals surface area contributed by atoms with Gasteiger partial charge in [-0.25, -0.2) is 0 Å². The quantitative estimate of drug-likeness (QED) is 0.197. The van der Waals surface area contributed by atoms with Gasteiger partial charge < -0.3 is 27.2 Å². The summed E-state index contributed by atoms with van der Waals surface area (Å²) >= 11 is 1.85. The van der Waals surface area contributed by atoms with E-state index in [4.69, 9.17) is 27.2 Å². The van der Waals surface area contributed by atoms with Gasteiger partial charge in [0.15, 0.2) is 33.3 Å². The summed E-state index contributed by atoms with van der Waals surface area (Å²) in [6.45, 7) is 31.4. The molecule has 0 spiro atoms. The Morgan fingerprint density at radius 1 is 0.744 bits per heavy atom. The van der Waals surface area contributed by atoms with Gasteiger partial charge in [0.1, 0.15) is 24.4 Å². The fourth-order valence-corrected chi connectivity index (χ4v) is 10.2. The first-order valence-corrected chi connectivity index (χ1v) is 30.0. The molecule has 1 aliphatic heterocycles. The monoisotopic (exact) mass is 682 g/mol. The second-order valence-electron chi connectivity index (χ2n) is 15.8. The Hall–Kier alpha value is -0.452. The van der Waals surface area contributed by atoms with Crippen molar-refractivity contribution < 1.29 is 27.2 Å². The molecule has 1 aromatic heterocycles. The molecule has 244 valence electrons. The molecular weight excluding hydrogens is 625 g/mol. The summed E-state index contributed by atoms with van der Waals surface area (Å²) in [5.41, 5.74) is 3.44. The zero-order valence-electron chi connectivity index (χ0n) is 29.5. The minimum Gasteiger partial charge on any atom is -0.415 e. The Bertz CT molecular complexity index is 1210. The lowest BCUT2D eigenvalue weighted by atomic mass is 9.86. The normalized spacial score (nSPS) is 25.7. The maximum Gasteiger partial charge on any atom is 0.223 e. The maximum atomic E-state index is 7.22. The third-order valence-electron chi connectivity index (χ3n) is 7.05. The molecule has 3 rings (SSSR count). The van der Waals surface area contributed by atoms with E-state index >= 15 is 0 Å². The van der Waals surface area contributed by atoms with E-state index < -0.39 is 57.4 Å². The second kappa shape index (κ2) is 13.7. The summed E-state index contributed by atoms with van der Waals surface area (Å²) < 4.78 is 41.6. The zero-order chi connectivity index (χ0) is 32.6. The van der Waals surface area contributed by atoms with Crippen molar-refractivity contribution in [2.24, 2.45) is 0 Å². The van der Waals surface area contributed by atoms with Crippen LogP contribution in [-0.2, 0) is 39.4 Å². The summed E-state index contributed by atoms with van der Waals surface area (Å²) in [4.78, 5) is 2.66. The molecule has 1 aromatic carbocycles. The Kier molecular flexibility index (Phi) is 11.8. The molecule has 1 fully saturated rings. The van der Waals surface area contributed by atoms with Crippen molar-refractivity contribution in [2.75, 3.05) is 13.7 Å².